The number of nitrogens with zero attached hydrogens (tertiary/aromatic N) is 2. The first kappa shape index (κ1) is 25.2. The number of Topliss-reactive ketones (excluding diaryl/α,β-unsaturated/α-hetero) is 1. The van der Waals surface area contributed by atoms with Gasteiger partial charge in [-0.1, -0.05) is 36.4 Å². The molecule has 3 aromatic rings. The summed E-state index contributed by atoms with van der Waals surface area (Å²) in [6.45, 7) is 1.28. The van der Waals surface area contributed by atoms with Crippen LogP contribution in [-0.2, 0) is 19.1 Å². The van der Waals surface area contributed by atoms with E-state index in [-0.39, 0.29) is 22.8 Å². The number of anilines is 1. The molecule has 0 aromatic heterocycles. The molecule has 3 aromatic carbocycles. The summed E-state index contributed by atoms with van der Waals surface area (Å²) in [4.78, 5) is 69.0. The summed E-state index contributed by atoms with van der Waals surface area (Å²) in [7, 11) is 1.23. The van der Waals surface area contributed by atoms with Gasteiger partial charge in [-0.25, -0.2) is 9.69 Å². The maximum absolute atomic E-state index is 14.1. The number of amides is 2. The van der Waals surface area contributed by atoms with E-state index < -0.39 is 47.7 Å². The maximum Gasteiger partial charge on any atom is 0.339 e. The number of carbonyl (C=O) groups is 5. The molecule has 0 radical (unpaired) electrons. The second-order valence-corrected chi connectivity index (χ2v) is 9.84. The van der Waals surface area contributed by atoms with Crippen LogP contribution in [0.5, 0.6) is 5.75 Å². The molecule has 0 unspecified atom stereocenters. The van der Waals surface area contributed by atoms with Gasteiger partial charge in [0, 0.05) is 18.7 Å². The van der Waals surface area contributed by atoms with Crippen LogP contribution in [0, 0.1) is 11.8 Å². The number of imide groups is 1. The summed E-state index contributed by atoms with van der Waals surface area (Å²) in [5, 5.41) is 0. The minimum Gasteiger partial charge on any atom is -0.465 e. The molecular weight excluding hydrogens is 512 g/mol. The Kier molecular flexibility index (Phi) is 6.06. The molecule has 2 fully saturated rings. The third-order valence-electron chi connectivity index (χ3n) is 7.68. The molecule has 3 aliphatic heterocycles. The Balaban J connectivity index is 1.46. The first-order valence-corrected chi connectivity index (χ1v) is 12.7. The highest BCUT2D eigenvalue weighted by atomic mass is 16.5. The number of carbonyl (C=O) groups excluding carboxylic acids is 5. The molecule has 2 amide bonds. The van der Waals surface area contributed by atoms with Crippen molar-refractivity contribution >= 4 is 41.3 Å². The monoisotopic (exact) mass is 536 g/mol. The Morgan fingerprint density at radius 2 is 1.50 bits per heavy atom. The summed E-state index contributed by atoms with van der Waals surface area (Å²) in [6, 6.07) is 18.4. The number of ether oxygens (including phenoxy) is 2. The average molecular weight is 537 g/mol. The molecule has 9 nitrogen and oxygen atoms in total. The molecule has 40 heavy (non-hydrogen) atoms. The Morgan fingerprint density at radius 1 is 0.825 bits per heavy atom. The van der Waals surface area contributed by atoms with Gasteiger partial charge in [-0.2, -0.15) is 0 Å². The molecule has 0 aliphatic carbocycles. The normalized spacial score (nSPS) is 22.4. The van der Waals surface area contributed by atoms with Gasteiger partial charge >= 0.3 is 11.9 Å². The lowest BCUT2D eigenvalue weighted by Crippen LogP contribution is -2.44. The van der Waals surface area contributed by atoms with Gasteiger partial charge in [0.25, 0.3) is 0 Å². The van der Waals surface area contributed by atoms with Gasteiger partial charge in [0.05, 0.1) is 36.2 Å². The molecular formula is C31H24N2O7. The highest BCUT2D eigenvalue weighted by Gasteiger charge is 2.64. The summed E-state index contributed by atoms with van der Waals surface area (Å²) in [6.07, 6.45) is 3.64. The molecule has 9 heteroatoms. The van der Waals surface area contributed by atoms with E-state index in [0.717, 1.165) is 16.0 Å². The first-order valence-electron chi connectivity index (χ1n) is 12.7. The van der Waals surface area contributed by atoms with Crippen molar-refractivity contribution < 1.29 is 33.4 Å². The predicted molar refractivity (Wildman–Crippen MR) is 143 cm³/mol. The van der Waals surface area contributed by atoms with Crippen LogP contribution >= 0.6 is 0 Å². The number of hydrogen-bond acceptors (Lipinski definition) is 8. The molecule has 200 valence electrons. The second-order valence-electron chi connectivity index (χ2n) is 9.84. The molecule has 0 spiro atoms. The van der Waals surface area contributed by atoms with Gasteiger partial charge in [0.1, 0.15) is 11.8 Å². The van der Waals surface area contributed by atoms with E-state index in [0.29, 0.717) is 5.56 Å². The second kappa shape index (κ2) is 9.60. The van der Waals surface area contributed by atoms with Crippen molar-refractivity contribution in [1.82, 2.24) is 4.90 Å². The van der Waals surface area contributed by atoms with E-state index in [1.807, 2.05) is 30.3 Å². The van der Waals surface area contributed by atoms with Crippen molar-refractivity contribution in [2.75, 3.05) is 12.0 Å². The summed E-state index contributed by atoms with van der Waals surface area (Å²) in [5.74, 6) is -4.12. The lowest BCUT2D eigenvalue weighted by molar-refractivity contribution is -0.132. The number of para-hydroxylation sites is 1. The standard InChI is InChI=1S/C31H24N2O7/c1-17(34)40-20-13-11-19(12-14-20)28(35)27-25-24(26-21-8-4-3-7-18(21)15-16-32(26)27)29(36)33(30(25)37)23-10-6-5-9-22(23)31(38)39-2/h3-16,24-27H,1-2H3/t24-,25+,26+,27-/m0/s1. The molecule has 6 rings (SSSR count). The summed E-state index contributed by atoms with van der Waals surface area (Å²) >= 11 is 0. The number of benzene rings is 3. The number of ketones is 1. The maximum atomic E-state index is 14.1. The average Bonchev–Trinajstić information content (AvgIpc) is 3.44. The van der Waals surface area contributed by atoms with Crippen molar-refractivity contribution in [1.29, 1.82) is 0 Å². The lowest BCUT2D eigenvalue weighted by atomic mass is 9.83. The van der Waals surface area contributed by atoms with Gasteiger partial charge in [0.15, 0.2) is 5.78 Å². The quantitative estimate of drug-likeness (QED) is 0.210. The van der Waals surface area contributed by atoms with Crippen molar-refractivity contribution in [2.45, 2.75) is 19.0 Å². The molecule has 0 saturated carbocycles. The highest BCUT2D eigenvalue weighted by molar-refractivity contribution is 6.26. The molecule has 3 aliphatic rings. The number of esters is 2. The zero-order valence-corrected chi connectivity index (χ0v) is 21.6. The summed E-state index contributed by atoms with van der Waals surface area (Å²) < 4.78 is 9.98. The van der Waals surface area contributed by atoms with Crippen LogP contribution in [0.3, 0.4) is 0 Å². The van der Waals surface area contributed by atoms with Crippen molar-refractivity contribution in [3.63, 3.8) is 0 Å². The van der Waals surface area contributed by atoms with Gasteiger partial charge in [-0.3, -0.25) is 19.2 Å². The van der Waals surface area contributed by atoms with E-state index in [1.165, 1.54) is 50.4 Å². The number of hydrogen-bond donors (Lipinski definition) is 0. The minimum atomic E-state index is -1.00. The van der Waals surface area contributed by atoms with E-state index in [9.17, 15) is 24.0 Å². The van der Waals surface area contributed by atoms with Crippen LogP contribution in [-0.4, -0.2) is 47.6 Å². The van der Waals surface area contributed by atoms with Crippen LogP contribution in [0.1, 0.15) is 44.8 Å². The topological polar surface area (TPSA) is 110 Å². The fourth-order valence-corrected chi connectivity index (χ4v) is 6.07. The molecule has 4 atom stereocenters. The molecule has 3 heterocycles. The van der Waals surface area contributed by atoms with Gasteiger partial charge in [-0.15, -0.1) is 0 Å². The Bertz CT molecular complexity index is 1610. The van der Waals surface area contributed by atoms with E-state index in [4.69, 9.17) is 9.47 Å². The highest BCUT2D eigenvalue weighted by Crippen LogP contribution is 2.54. The Morgan fingerprint density at radius 3 is 2.23 bits per heavy atom. The van der Waals surface area contributed by atoms with Crippen molar-refractivity contribution in [2.24, 2.45) is 11.8 Å². The van der Waals surface area contributed by atoms with Crippen molar-refractivity contribution in [3.05, 3.63) is 101 Å². The predicted octanol–water partition coefficient (Wildman–Crippen LogP) is 3.80. The van der Waals surface area contributed by atoms with Crippen LogP contribution in [0.15, 0.2) is 79.0 Å². The smallest absolute Gasteiger partial charge is 0.339 e. The largest absolute Gasteiger partial charge is 0.465 e. The minimum absolute atomic E-state index is 0.0800. The Hall–Kier alpha value is -5.05. The zero-order chi connectivity index (χ0) is 28.1. The van der Waals surface area contributed by atoms with E-state index in [2.05, 4.69) is 0 Å². The fraction of sp³-hybridized carbons (Fsp3) is 0.194. The zero-order valence-electron chi connectivity index (χ0n) is 21.6. The lowest BCUT2D eigenvalue weighted by Gasteiger charge is -2.35. The summed E-state index contributed by atoms with van der Waals surface area (Å²) in [5.41, 5.74) is 2.25. The number of fused-ring (bicyclic) bond motifs is 5. The molecule has 2 saturated heterocycles. The van der Waals surface area contributed by atoms with Crippen LogP contribution < -0.4 is 9.64 Å². The van der Waals surface area contributed by atoms with Gasteiger partial charge in [-0.05, 0) is 53.6 Å². The third-order valence-corrected chi connectivity index (χ3v) is 7.68. The van der Waals surface area contributed by atoms with Gasteiger partial charge < -0.3 is 14.4 Å². The SMILES string of the molecule is COC(=O)c1ccccc1N1C(=O)[C@@H]2[C@H](C1=O)[C@H]1c3ccccc3C=CN1[C@@H]2C(=O)c1ccc(OC(C)=O)cc1. The third kappa shape index (κ3) is 3.81. The number of methoxy groups -OCH3 is 1. The fourth-order valence-electron chi connectivity index (χ4n) is 6.07. The van der Waals surface area contributed by atoms with Crippen LogP contribution in [0.2, 0.25) is 0 Å². The van der Waals surface area contributed by atoms with Crippen molar-refractivity contribution in [3.8, 4) is 5.75 Å². The van der Waals surface area contributed by atoms with E-state index >= 15 is 0 Å². The van der Waals surface area contributed by atoms with Crippen LogP contribution in [0.25, 0.3) is 6.08 Å². The molecule has 0 bridgehead atoms. The van der Waals surface area contributed by atoms with E-state index in [1.54, 1.807) is 23.2 Å². The number of rotatable bonds is 5. The Labute approximate surface area is 229 Å². The first-order chi connectivity index (χ1) is 19.3. The molecule has 0 N–H and O–H groups in total. The van der Waals surface area contributed by atoms with Gasteiger partial charge in [0.2, 0.25) is 11.8 Å². The van der Waals surface area contributed by atoms with Crippen LogP contribution in [0.4, 0.5) is 5.69 Å².